The Labute approximate surface area is 182 Å². The summed E-state index contributed by atoms with van der Waals surface area (Å²) in [5.74, 6) is 0.813. The standard InChI is InChI=1S/C17H15IN7O3S/c1-23(2)17(29)22-18-21-13-11-8-9(25(27)28)5-6-12(11)24-15(13)20-14-10(16(24)26)4-3-7-19-14/h3-8,16,26H,1-2H3,(H,22,29)/q-1. The predicted octanol–water partition coefficient (Wildman–Crippen LogP) is -1.31. The van der Waals surface area contributed by atoms with Crippen LogP contribution in [0.15, 0.2) is 44.7 Å². The number of aliphatic imine (C=N–C) groups is 1. The fraction of sp³-hybridized carbons (Fsp3) is 0.176. The topological polar surface area (TPSA) is 119 Å². The Morgan fingerprint density at radius 2 is 2.24 bits per heavy atom. The van der Waals surface area contributed by atoms with Crippen LogP contribution >= 0.6 is 12.2 Å². The number of pyridine rings is 1. The third-order valence-electron chi connectivity index (χ3n) is 4.35. The molecule has 0 fully saturated rings. The molecule has 4 rings (SSSR count). The van der Waals surface area contributed by atoms with Gasteiger partial charge in [-0.15, -0.1) is 0 Å². The van der Waals surface area contributed by atoms with Gasteiger partial charge in [-0.3, -0.25) is 0 Å². The van der Waals surface area contributed by atoms with Crippen LogP contribution in [0.3, 0.4) is 0 Å². The molecule has 2 aliphatic heterocycles. The second-order valence-electron chi connectivity index (χ2n) is 6.37. The number of aliphatic hydroxyl groups excluding tert-OH is 1. The maximum absolute atomic E-state index is 11.3. The number of fused-ring (bicyclic) bond motifs is 4. The summed E-state index contributed by atoms with van der Waals surface area (Å²) in [4.78, 5) is 23.0. The molecule has 0 bridgehead atoms. The van der Waals surface area contributed by atoms with Crippen LogP contribution in [-0.2, 0) is 0 Å². The molecule has 2 aliphatic rings. The number of hydrogen-bond donors (Lipinski definition) is 2. The number of thiocarbonyl (C=S) groups is 1. The summed E-state index contributed by atoms with van der Waals surface area (Å²) in [6.45, 7) is 0. The maximum atomic E-state index is 11.3. The number of non-ortho nitro benzene ring substituents is 1. The van der Waals surface area contributed by atoms with E-state index in [1.165, 1.54) is 12.1 Å². The van der Waals surface area contributed by atoms with Gasteiger partial charge in [0.25, 0.3) is 0 Å². The van der Waals surface area contributed by atoms with Gasteiger partial charge in [-0.05, 0) is 0 Å². The number of aromatic nitrogens is 1. The van der Waals surface area contributed by atoms with E-state index in [9.17, 15) is 15.2 Å². The van der Waals surface area contributed by atoms with Gasteiger partial charge in [0.15, 0.2) is 0 Å². The second-order valence-corrected chi connectivity index (χ2v) is 8.26. The van der Waals surface area contributed by atoms with E-state index in [-0.39, 0.29) is 5.69 Å². The van der Waals surface area contributed by atoms with Gasteiger partial charge in [-0.2, -0.15) is 0 Å². The van der Waals surface area contributed by atoms with Crippen molar-refractivity contribution in [2.45, 2.75) is 6.23 Å². The number of aliphatic hydroxyl groups is 1. The van der Waals surface area contributed by atoms with Crippen molar-refractivity contribution in [3.05, 3.63) is 57.8 Å². The van der Waals surface area contributed by atoms with Crippen molar-refractivity contribution in [1.82, 2.24) is 13.4 Å². The molecule has 1 atom stereocenters. The number of nitrogens with zero attached hydrogens (tertiary/aromatic N) is 6. The fourth-order valence-electron chi connectivity index (χ4n) is 2.95. The van der Waals surface area contributed by atoms with Gasteiger partial charge in [0, 0.05) is 0 Å². The Bertz CT molecular complexity index is 1090. The van der Waals surface area contributed by atoms with Crippen LogP contribution in [0, 0.1) is 10.1 Å². The van der Waals surface area contributed by atoms with Gasteiger partial charge in [-0.25, -0.2) is 0 Å². The Morgan fingerprint density at radius 1 is 1.45 bits per heavy atom. The first-order valence-corrected chi connectivity index (χ1v) is 10.8. The van der Waals surface area contributed by atoms with E-state index in [0.717, 1.165) is 0 Å². The van der Waals surface area contributed by atoms with Crippen molar-refractivity contribution in [2.24, 2.45) is 8.20 Å². The first kappa shape index (κ1) is 19.6. The van der Waals surface area contributed by atoms with Gasteiger partial charge < -0.3 is 0 Å². The fourth-order valence-corrected chi connectivity index (χ4v) is 4.71. The third-order valence-corrected chi connectivity index (χ3v) is 6.66. The van der Waals surface area contributed by atoms with Crippen molar-refractivity contribution in [1.29, 1.82) is 0 Å². The average Bonchev–Trinajstić information content (AvgIpc) is 3.01. The van der Waals surface area contributed by atoms with Crippen LogP contribution in [-0.4, -0.2) is 50.7 Å². The Hall–Kier alpha value is -2.71. The molecule has 12 heteroatoms. The van der Waals surface area contributed by atoms with Crippen LogP contribution in [0.2, 0.25) is 0 Å². The molecule has 0 spiro atoms. The summed E-state index contributed by atoms with van der Waals surface area (Å²) >= 11 is 4.28. The van der Waals surface area contributed by atoms with Crippen LogP contribution < -0.4 is 30.2 Å². The third kappa shape index (κ3) is 3.42. The SMILES string of the molecule is CN(C)C(=S)N[I-]N=C1C2=Nc3ncccc3C(O)N2c2ccc([N+](=O)[O-])cc21. The number of nitrogens with one attached hydrogen (secondary N) is 1. The molecule has 1 aromatic heterocycles. The Morgan fingerprint density at radius 3 is 2.97 bits per heavy atom. The zero-order valence-corrected chi connectivity index (χ0v) is 18.2. The molecule has 0 saturated heterocycles. The number of benzene rings is 1. The van der Waals surface area contributed by atoms with E-state index >= 15 is 0 Å². The zero-order chi connectivity index (χ0) is 20.7. The molecule has 2 aromatic rings. The number of nitro benzene ring substituents is 1. The van der Waals surface area contributed by atoms with E-state index in [1.54, 1.807) is 34.2 Å². The zero-order valence-electron chi connectivity index (χ0n) is 15.3. The minimum atomic E-state index is -1.02. The molecule has 0 amide bonds. The Kier molecular flexibility index (Phi) is 5.14. The van der Waals surface area contributed by atoms with Gasteiger partial charge in [0.05, 0.1) is 0 Å². The summed E-state index contributed by atoms with van der Waals surface area (Å²) in [7, 11) is 3.65. The number of hydrogen-bond acceptors (Lipinski definition) is 8. The van der Waals surface area contributed by atoms with Gasteiger partial charge >= 0.3 is 182 Å². The van der Waals surface area contributed by atoms with Crippen molar-refractivity contribution in [3.63, 3.8) is 0 Å². The van der Waals surface area contributed by atoms with Gasteiger partial charge in [0.2, 0.25) is 0 Å². The summed E-state index contributed by atoms with van der Waals surface area (Å²) in [6.07, 6.45) is 0.576. The molecule has 0 aliphatic carbocycles. The van der Waals surface area contributed by atoms with Gasteiger partial charge in [-0.1, -0.05) is 0 Å². The second kappa shape index (κ2) is 7.61. The van der Waals surface area contributed by atoms with E-state index in [4.69, 9.17) is 12.2 Å². The molecule has 150 valence electrons. The molecule has 1 unspecified atom stereocenters. The number of rotatable bonds is 3. The van der Waals surface area contributed by atoms with E-state index in [2.05, 4.69) is 16.7 Å². The number of anilines is 1. The Balaban J connectivity index is 1.82. The van der Waals surface area contributed by atoms with Crippen LogP contribution in [0.4, 0.5) is 17.2 Å². The van der Waals surface area contributed by atoms with E-state index in [1.807, 2.05) is 14.1 Å². The summed E-state index contributed by atoms with van der Waals surface area (Å²) in [5, 5.41) is 22.8. The van der Waals surface area contributed by atoms with Crippen molar-refractivity contribution in [3.8, 4) is 0 Å². The average molecular weight is 524 g/mol. The van der Waals surface area contributed by atoms with Crippen LogP contribution in [0.5, 0.6) is 0 Å². The normalized spacial score (nSPS) is 18.0. The molecule has 3 heterocycles. The predicted molar refractivity (Wildman–Crippen MR) is 108 cm³/mol. The quantitative estimate of drug-likeness (QED) is 0.167. The summed E-state index contributed by atoms with van der Waals surface area (Å²) in [6, 6.07) is 7.93. The van der Waals surface area contributed by atoms with Crippen molar-refractivity contribution in [2.75, 3.05) is 19.0 Å². The minimum absolute atomic E-state index is 0.0583. The first-order valence-electron chi connectivity index (χ1n) is 8.37. The molecule has 0 saturated carbocycles. The van der Waals surface area contributed by atoms with Gasteiger partial charge in [0.1, 0.15) is 0 Å². The number of halogens is 1. The number of amidine groups is 1. The summed E-state index contributed by atoms with van der Waals surface area (Å²) < 4.78 is 7.74. The van der Waals surface area contributed by atoms with E-state index < -0.39 is 32.9 Å². The summed E-state index contributed by atoms with van der Waals surface area (Å²) in [5.41, 5.74) is 2.12. The van der Waals surface area contributed by atoms with Crippen LogP contribution in [0.25, 0.3) is 0 Å². The molecule has 1 aromatic carbocycles. The monoisotopic (exact) mass is 524 g/mol. The molecule has 0 radical (unpaired) electrons. The molecule has 10 nitrogen and oxygen atoms in total. The first-order chi connectivity index (χ1) is 13.9. The molecular formula is C17H15IN7O3S-. The van der Waals surface area contributed by atoms with Crippen molar-refractivity contribution >= 4 is 46.1 Å². The van der Waals surface area contributed by atoms with E-state index in [0.29, 0.717) is 39.3 Å². The molecular weight excluding hydrogens is 509 g/mol. The molecule has 29 heavy (non-hydrogen) atoms. The molecule has 2 N–H and O–H groups in total. The van der Waals surface area contributed by atoms with Crippen LogP contribution in [0.1, 0.15) is 17.4 Å². The van der Waals surface area contributed by atoms with Crippen molar-refractivity contribution < 1.29 is 31.8 Å². The number of nitro groups is 1.